The van der Waals surface area contributed by atoms with Crippen molar-refractivity contribution in [2.45, 2.75) is 19.3 Å². The molecule has 1 aromatic rings. The molecule has 4 N–H and O–H groups in total. The summed E-state index contributed by atoms with van der Waals surface area (Å²) in [4.78, 5) is 23.6. The van der Waals surface area contributed by atoms with Crippen LogP contribution in [0.5, 0.6) is 5.88 Å². The second kappa shape index (κ2) is 5.08. The molecule has 1 aromatic heterocycles. The van der Waals surface area contributed by atoms with Crippen LogP contribution in [0.2, 0.25) is 0 Å². The maximum Gasteiger partial charge on any atom is 0.574 e. The number of aromatic amines is 1. The number of rotatable bonds is 4. The van der Waals surface area contributed by atoms with Gasteiger partial charge in [0.2, 0.25) is 5.88 Å². The van der Waals surface area contributed by atoms with Crippen LogP contribution in [0, 0.1) is 0 Å². The lowest BCUT2D eigenvalue weighted by Crippen LogP contribution is -2.24. The number of aromatic nitrogens is 1. The monoisotopic (exact) mass is 266 g/mol. The summed E-state index contributed by atoms with van der Waals surface area (Å²) in [7, 11) is 0. The van der Waals surface area contributed by atoms with E-state index in [1.54, 1.807) is 0 Å². The molecule has 1 heterocycles. The van der Waals surface area contributed by atoms with Crippen molar-refractivity contribution < 1.29 is 27.8 Å². The number of nitrogens with two attached hydrogens (primary N) is 1. The van der Waals surface area contributed by atoms with Crippen molar-refractivity contribution >= 4 is 5.97 Å². The predicted octanol–water partition coefficient (Wildman–Crippen LogP) is 0.359. The number of H-pyrrole nitrogens is 1. The molecule has 0 aliphatic carbocycles. The summed E-state index contributed by atoms with van der Waals surface area (Å²) in [5.41, 5.74) is 3.91. The van der Waals surface area contributed by atoms with E-state index in [0.29, 0.717) is 0 Å². The highest BCUT2D eigenvalue weighted by Crippen LogP contribution is 2.23. The molecule has 0 aromatic carbocycles. The summed E-state index contributed by atoms with van der Waals surface area (Å²) in [6, 6.07) is 0.980. The lowest BCUT2D eigenvalue weighted by Gasteiger charge is -2.12. The van der Waals surface area contributed by atoms with Crippen LogP contribution in [0.1, 0.15) is 11.1 Å². The number of hydrogen-bond donors (Lipinski definition) is 3. The molecule has 9 heteroatoms. The lowest BCUT2D eigenvalue weighted by molar-refractivity contribution is -0.276. The molecule has 0 saturated heterocycles. The van der Waals surface area contributed by atoms with E-state index in [1.165, 1.54) is 0 Å². The minimum atomic E-state index is -4.97. The van der Waals surface area contributed by atoms with Gasteiger partial charge in [-0.15, -0.1) is 13.2 Å². The van der Waals surface area contributed by atoms with Crippen molar-refractivity contribution in [2.75, 3.05) is 0 Å². The summed E-state index contributed by atoms with van der Waals surface area (Å²) in [6.45, 7) is -0.338. The standard InChI is InChI=1S/C9H9F3N2O4/c10-9(11,12)18-8-5(3-13)1-4(2-6(15)16)7(17)14-8/h1H,2-3,13H2,(H,14,17)(H,15,16). The minimum absolute atomic E-state index is 0.136. The van der Waals surface area contributed by atoms with E-state index in [4.69, 9.17) is 10.8 Å². The summed E-state index contributed by atoms with van der Waals surface area (Å²) in [5.74, 6) is -2.11. The van der Waals surface area contributed by atoms with Crippen LogP contribution in [0.25, 0.3) is 0 Å². The molecule has 0 unspecified atom stereocenters. The Morgan fingerprint density at radius 3 is 2.50 bits per heavy atom. The third-order valence-corrected chi connectivity index (χ3v) is 1.94. The van der Waals surface area contributed by atoms with Gasteiger partial charge in [0.15, 0.2) is 0 Å². The fourth-order valence-electron chi connectivity index (χ4n) is 1.26. The van der Waals surface area contributed by atoms with Crippen LogP contribution >= 0.6 is 0 Å². The number of carboxylic acids is 1. The largest absolute Gasteiger partial charge is 0.574 e. The molecule has 0 fully saturated rings. The minimum Gasteiger partial charge on any atom is -0.481 e. The van der Waals surface area contributed by atoms with Crippen LogP contribution in [-0.2, 0) is 17.8 Å². The number of aliphatic carboxylic acids is 1. The zero-order chi connectivity index (χ0) is 13.9. The molecule has 0 radical (unpaired) electrons. The van der Waals surface area contributed by atoms with Crippen molar-refractivity contribution in [3.8, 4) is 5.88 Å². The highest BCUT2D eigenvalue weighted by Gasteiger charge is 2.32. The summed E-state index contributed by atoms with van der Waals surface area (Å²) in [6.07, 6.45) is -5.59. The maximum absolute atomic E-state index is 12.0. The number of carbonyl (C=O) groups is 1. The number of pyridine rings is 1. The first kappa shape index (κ1) is 14.0. The number of ether oxygens (including phenoxy) is 1. The highest BCUT2D eigenvalue weighted by atomic mass is 19.4. The highest BCUT2D eigenvalue weighted by molar-refractivity contribution is 5.70. The molecule has 0 aliphatic heterocycles. The normalized spacial score (nSPS) is 11.3. The molecule has 1 rings (SSSR count). The van der Waals surface area contributed by atoms with E-state index in [0.717, 1.165) is 6.07 Å². The number of alkyl halides is 3. The van der Waals surface area contributed by atoms with Crippen molar-refractivity contribution in [1.82, 2.24) is 4.98 Å². The van der Waals surface area contributed by atoms with Gasteiger partial charge in [0.05, 0.1) is 6.42 Å². The topological polar surface area (TPSA) is 105 Å². The van der Waals surface area contributed by atoms with Crippen LogP contribution in [0.3, 0.4) is 0 Å². The number of halogens is 3. The van der Waals surface area contributed by atoms with E-state index in [2.05, 4.69) is 4.74 Å². The lowest BCUT2D eigenvalue weighted by atomic mass is 10.1. The molecule has 100 valence electrons. The second-order valence-corrected chi connectivity index (χ2v) is 3.30. The smallest absolute Gasteiger partial charge is 0.481 e. The third kappa shape index (κ3) is 3.77. The van der Waals surface area contributed by atoms with Crippen LogP contribution in [0.15, 0.2) is 10.9 Å². The number of carboxylic acid groups (broad SMARTS) is 1. The maximum atomic E-state index is 12.0. The fourth-order valence-corrected chi connectivity index (χ4v) is 1.26. The summed E-state index contributed by atoms with van der Waals surface area (Å²) >= 11 is 0. The Labute approximate surface area is 98.2 Å². The molecule has 0 atom stereocenters. The zero-order valence-corrected chi connectivity index (χ0v) is 8.87. The number of hydrogen-bond acceptors (Lipinski definition) is 4. The van der Waals surface area contributed by atoms with Crippen molar-refractivity contribution in [2.24, 2.45) is 5.73 Å². The Balaban J connectivity index is 3.18. The molecular formula is C9H9F3N2O4. The Kier molecular flexibility index (Phi) is 3.96. The Hall–Kier alpha value is -2.03. The van der Waals surface area contributed by atoms with Gasteiger partial charge in [0.1, 0.15) is 0 Å². The van der Waals surface area contributed by atoms with Gasteiger partial charge >= 0.3 is 12.3 Å². The average molecular weight is 266 g/mol. The molecule has 6 nitrogen and oxygen atoms in total. The molecule has 18 heavy (non-hydrogen) atoms. The van der Waals surface area contributed by atoms with E-state index < -0.39 is 30.2 Å². The molecular weight excluding hydrogens is 257 g/mol. The zero-order valence-electron chi connectivity index (χ0n) is 8.87. The summed E-state index contributed by atoms with van der Waals surface area (Å²) < 4.78 is 39.6. The van der Waals surface area contributed by atoms with Crippen molar-refractivity contribution in [1.29, 1.82) is 0 Å². The van der Waals surface area contributed by atoms with E-state index in [9.17, 15) is 22.8 Å². The number of nitrogens with one attached hydrogen (secondary N) is 1. The predicted molar refractivity (Wildman–Crippen MR) is 53.0 cm³/mol. The van der Waals surface area contributed by atoms with Gasteiger partial charge in [0, 0.05) is 17.7 Å². The van der Waals surface area contributed by atoms with Crippen LogP contribution in [-0.4, -0.2) is 22.4 Å². The van der Waals surface area contributed by atoms with Gasteiger partial charge in [-0.05, 0) is 6.07 Å². The van der Waals surface area contributed by atoms with Crippen molar-refractivity contribution in [3.63, 3.8) is 0 Å². The Morgan fingerprint density at radius 1 is 1.44 bits per heavy atom. The first-order valence-electron chi connectivity index (χ1n) is 4.65. The van der Waals surface area contributed by atoms with E-state index in [1.807, 2.05) is 4.98 Å². The van der Waals surface area contributed by atoms with Gasteiger partial charge in [0.25, 0.3) is 5.56 Å². The van der Waals surface area contributed by atoms with Crippen molar-refractivity contribution in [3.05, 3.63) is 27.5 Å². The molecule has 0 saturated carbocycles. The summed E-state index contributed by atoms with van der Waals surface area (Å²) in [5, 5.41) is 8.52. The SMILES string of the molecule is NCc1cc(CC(=O)O)c(=O)[nH]c1OC(F)(F)F. The first-order valence-corrected chi connectivity index (χ1v) is 4.65. The average Bonchev–Trinajstić information content (AvgIpc) is 2.19. The van der Waals surface area contributed by atoms with Gasteiger partial charge < -0.3 is 15.6 Å². The quantitative estimate of drug-likeness (QED) is 0.729. The van der Waals surface area contributed by atoms with Crippen LogP contribution in [0.4, 0.5) is 13.2 Å². The van der Waals surface area contributed by atoms with Gasteiger partial charge in [-0.25, -0.2) is 0 Å². The third-order valence-electron chi connectivity index (χ3n) is 1.94. The molecule has 0 aliphatic rings. The fraction of sp³-hybridized carbons (Fsp3) is 0.333. The first-order chi connectivity index (χ1) is 8.23. The van der Waals surface area contributed by atoms with E-state index in [-0.39, 0.29) is 17.7 Å². The second-order valence-electron chi connectivity index (χ2n) is 3.30. The molecule has 0 spiro atoms. The van der Waals surface area contributed by atoms with Gasteiger partial charge in [-0.1, -0.05) is 0 Å². The van der Waals surface area contributed by atoms with Gasteiger partial charge in [-0.3, -0.25) is 14.6 Å². The Morgan fingerprint density at radius 2 is 2.06 bits per heavy atom. The van der Waals surface area contributed by atoms with Gasteiger partial charge in [-0.2, -0.15) is 0 Å². The van der Waals surface area contributed by atoms with Crippen LogP contribution < -0.4 is 16.0 Å². The Bertz CT molecular complexity index is 510. The molecule has 0 amide bonds. The van der Waals surface area contributed by atoms with E-state index >= 15 is 0 Å². The molecule has 0 bridgehead atoms.